The molecule has 0 bridgehead atoms. The number of primary amides is 1. The Morgan fingerprint density at radius 2 is 1.56 bits per heavy atom. The maximum absolute atomic E-state index is 12.4. The Hall–Kier alpha value is -2.66. The van der Waals surface area contributed by atoms with E-state index >= 15 is 0 Å². The summed E-state index contributed by atoms with van der Waals surface area (Å²) in [4.78, 5) is 14.8. The maximum Gasteiger partial charge on any atom is 0.337 e. The van der Waals surface area contributed by atoms with Gasteiger partial charge in [-0.1, -0.05) is 79.9 Å². The number of hydrogen-bond donors (Lipinski definition) is 1. The predicted molar refractivity (Wildman–Crippen MR) is 107 cm³/mol. The quantitative estimate of drug-likeness (QED) is 0.893. The summed E-state index contributed by atoms with van der Waals surface area (Å²) >= 11 is 0. The molecule has 27 heavy (non-hydrogen) atoms. The van der Waals surface area contributed by atoms with Crippen LogP contribution in [0.1, 0.15) is 49.4 Å². The molecule has 0 aromatic heterocycles. The number of nitrogens with two attached hydrogens (primary N) is 1. The normalized spacial score (nSPS) is 21.7. The lowest BCUT2D eigenvalue weighted by Crippen LogP contribution is -2.54. The summed E-state index contributed by atoms with van der Waals surface area (Å²) in [5.41, 5.74) is 8.77. The molecule has 1 fully saturated rings. The molecule has 0 saturated heterocycles. The zero-order chi connectivity index (χ0) is 18.6. The third-order valence-electron chi connectivity index (χ3n) is 5.58. The molecule has 2 amide bonds. The average Bonchev–Trinajstić information content (AvgIpc) is 2.74. The first-order valence-electron chi connectivity index (χ1n) is 9.76. The number of carbonyl (C=O) groups excluding carboxylic acids is 1. The number of rotatable bonds is 3. The molecule has 0 spiro atoms. The topological polar surface area (TPSA) is 61.9 Å². The van der Waals surface area contributed by atoms with Crippen molar-refractivity contribution in [2.24, 2.45) is 10.8 Å². The van der Waals surface area contributed by atoms with Crippen LogP contribution >= 0.6 is 0 Å². The van der Waals surface area contributed by atoms with Gasteiger partial charge in [0.25, 0.3) is 0 Å². The van der Waals surface area contributed by atoms with Gasteiger partial charge in [-0.2, -0.15) is 10.1 Å². The van der Waals surface area contributed by atoms with Crippen molar-refractivity contribution in [2.45, 2.75) is 44.3 Å². The molecule has 1 atom stereocenters. The van der Waals surface area contributed by atoms with E-state index in [9.17, 15) is 4.79 Å². The predicted octanol–water partition coefficient (Wildman–Crippen LogP) is 4.12. The van der Waals surface area contributed by atoms with Gasteiger partial charge >= 0.3 is 6.03 Å². The van der Waals surface area contributed by atoms with E-state index in [0.717, 1.165) is 36.2 Å². The zero-order valence-electron chi connectivity index (χ0n) is 15.5. The second-order valence-electron chi connectivity index (χ2n) is 7.34. The summed E-state index contributed by atoms with van der Waals surface area (Å²) in [7, 11) is 0. The smallest absolute Gasteiger partial charge is 0.337 e. The molecule has 1 unspecified atom stereocenters. The van der Waals surface area contributed by atoms with Crippen LogP contribution in [0, 0.1) is 0 Å². The van der Waals surface area contributed by atoms with E-state index in [4.69, 9.17) is 5.73 Å². The fourth-order valence-corrected chi connectivity index (χ4v) is 4.26. The van der Waals surface area contributed by atoms with Crippen molar-refractivity contribution < 1.29 is 4.79 Å². The van der Waals surface area contributed by atoms with Crippen LogP contribution in [0.5, 0.6) is 0 Å². The Balaban J connectivity index is 1.77. The van der Waals surface area contributed by atoms with E-state index in [0.29, 0.717) is 6.04 Å². The number of amides is 2. The number of carbonyl (C=O) groups is 1. The Morgan fingerprint density at radius 3 is 2.19 bits per heavy atom. The lowest BCUT2D eigenvalue weighted by molar-refractivity contribution is 0.0230. The zero-order valence-corrected chi connectivity index (χ0v) is 15.5. The highest BCUT2D eigenvalue weighted by molar-refractivity contribution is 6.03. The first-order chi connectivity index (χ1) is 13.2. The average molecular weight is 362 g/mol. The molecule has 1 aliphatic heterocycles. The van der Waals surface area contributed by atoms with Crippen LogP contribution in [0.4, 0.5) is 4.79 Å². The van der Waals surface area contributed by atoms with Gasteiger partial charge in [0.15, 0.2) is 0 Å². The first-order valence-corrected chi connectivity index (χ1v) is 9.76. The number of nitrogens with zero attached hydrogens (tertiary/aromatic N) is 3. The molecule has 5 nitrogen and oxygen atoms in total. The van der Waals surface area contributed by atoms with Gasteiger partial charge in [0, 0.05) is 12.6 Å². The van der Waals surface area contributed by atoms with Crippen molar-refractivity contribution in [1.29, 1.82) is 0 Å². The van der Waals surface area contributed by atoms with E-state index in [1.807, 2.05) is 48.5 Å². The van der Waals surface area contributed by atoms with Gasteiger partial charge in [0.2, 0.25) is 0 Å². The summed E-state index contributed by atoms with van der Waals surface area (Å²) < 4.78 is 0. The second-order valence-corrected chi connectivity index (χ2v) is 7.34. The SMILES string of the molecule is NC(=O)N1N=C(c2ccccc2)CN(C2CCCCC2)C1c1ccccc1. The van der Waals surface area contributed by atoms with Crippen molar-refractivity contribution in [3.8, 4) is 0 Å². The van der Waals surface area contributed by atoms with Crippen LogP contribution in [-0.2, 0) is 0 Å². The molecule has 2 aromatic rings. The summed E-state index contributed by atoms with van der Waals surface area (Å²) in [5, 5.41) is 6.16. The number of hydrogen-bond acceptors (Lipinski definition) is 3. The van der Waals surface area contributed by atoms with Gasteiger partial charge in [-0.25, -0.2) is 4.79 Å². The van der Waals surface area contributed by atoms with E-state index in [2.05, 4.69) is 22.1 Å². The van der Waals surface area contributed by atoms with Crippen molar-refractivity contribution in [1.82, 2.24) is 9.91 Å². The minimum atomic E-state index is -0.516. The van der Waals surface area contributed by atoms with Crippen LogP contribution < -0.4 is 5.73 Å². The minimum Gasteiger partial charge on any atom is -0.350 e. The van der Waals surface area contributed by atoms with Crippen LogP contribution in [0.3, 0.4) is 0 Å². The lowest BCUT2D eigenvalue weighted by Gasteiger charge is -2.45. The Morgan fingerprint density at radius 1 is 0.926 bits per heavy atom. The van der Waals surface area contributed by atoms with Crippen LogP contribution in [0.2, 0.25) is 0 Å². The fourth-order valence-electron chi connectivity index (χ4n) is 4.26. The lowest BCUT2D eigenvalue weighted by atomic mass is 9.92. The summed E-state index contributed by atoms with van der Waals surface area (Å²) in [6.45, 7) is 0.720. The third-order valence-corrected chi connectivity index (χ3v) is 5.58. The third kappa shape index (κ3) is 3.74. The molecule has 2 aliphatic rings. The fraction of sp³-hybridized carbons (Fsp3) is 0.364. The maximum atomic E-state index is 12.4. The molecule has 2 aromatic carbocycles. The molecule has 1 saturated carbocycles. The van der Waals surface area contributed by atoms with Crippen LogP contribution in [0.15, 0.2) is 65.8 Å². The Kier molecular flexibility index (Phi) is 5.21. The first kappa shape index (κ1) is 17.7. The Bertz CT molecular complexity index is 800. The van der Waals surface area contributed by atoms with E-state index < -0.39 is 6.03 Å². The van der Waals surface area contributed by atoms with Crippen molar-refractivity contribution in [3.05, 3.63) is 71.8 Å². The van der Waals surface area contributed by atoms with Gasteiger partial charge in [0.1, 0.15) is 6.17 Å². The molecule has 1 heterocycles. The molecule has 0 radical (unpaired) electrons. The largest absolute Gasteiger partial charge is 0.350 e. The molecular weight excluding hydrogens is 336 g/mol. The van der Waals surface area contributed by atoms with Gasteiger partial charge in [-0.05, 0) is 24.0 Å². The number of benzene rings is 2. The van der Waals surface area contributed by atoms with Gasteiger partial charge < -0.3 is 5.73 Å². The molecule has 2 N–H and O–H groups in total. The number of urea groups is 1. The Labute approximate surface area is 160 Å². The van der Waals surface area contributed by atoms with E-state index in [1.165, 1.54) is 24.3 Å². The summed E-state index contributed by atoms with van der Waals surface area (Å²) in [5.74, 6) is 0. The minimum absolute atomic E-state index is 0.251. The van der Waals surface area contributed by atoms with Crippen LogP contribution in [-0.4, -0.2) is 34.2 Å². The van der Waals surface area contributed by atoms with Crippen molar-refractivity contribution >= 4 is 11.7 Å². The van der Waals surface area contributed by atoms with Crippen LogP contribution in [0.25, 0.3) is 0 Å². The monoisotopic (exact) mass is 362 g/mol. The van der Waals surface area contributed by atoms with Gasteiger partial charge in [0.05, 0.1) is 5.71 Å². The molecule has 140 valence electrons. The van der Waals surface area contributed by atoms with Crippen molar-refractivity contribution in [2.75, 3.05) is 6.54 Å². The molecule has 5 heteroatoms. The summed E-state index contributed by atoms with van der Waals surface area (Å²) in [6.07, 6.45) is 5.81. The highest BCUT2D eigenvalue weighted by atomic mass is 16.2. The van der Waals surface area contributed by atoms with E-state index in [1.54, 1.807) is 0 Å². The molecule has 1 aliphatic carbocycles. The van der Waals surface area contributed by atoms with E-state index in [-0.39, 0.29) is 6.17 Å². The summed E-state index contributed by atoms with van der Waals surface area (Å²) in [6, 6.07) is 20.1. The standard InChI is InChI=1S/C22H26N4O/c23-22(27)26-21(18-12-6-2-7-13-18)25(19-14-8-3-9-15-19)16-20(24-26)17-10-4-1-5-11-17/h1-2,4-7,10-13,19,21H,3,8-9,14-16H2,(H2,23,27). The molecule has 4 rings (SSSR count). The highest BCUT2D eigenvalue weighted by Gasteiger charge is 2.38. The molecular formula is C22H26N4O. The second kappa shape index (κ2) is 7.92. The number of hydrazone groups is 1. The highest BCUT2D eigenvalue weighted by Crippen LogP contribution is 2.35. The van der Waals surface area contributed by atoms with Gasteiger partial charge in [-0.3, -0.25) is 4.90 Å². The van der Waals surface area contributed by atoms with Gasteiger partial charge in [-0.15, -0.1) is 0 Å². The van der Waals surface area contributed by atoms with Crippen molar-refractivity contribution in [3.63, 3.8) is 0 Å².